The fourth-order valence-electron chi connectivity index (χ4n) is 2.43. The molecule has 0 saturated carbocycles. The highest BCUT2D eigenvalue weighted by Gasteiger charge is 2.35. The van der Waals surface area contributed by atoms with Gasteiger partial charge in [0.2, 0.25) is 5.91 Å². The van der Waals surface area contributed by atoms with Gasteiger partial charge in [-0.3, -0.25) is 14.5 Å². The number of nitrogens with zero attached hydrogens (tertiary/aromatic N) is 2. The second-order valence-electron chi connectivity index (χ2n) is 6.08. The van der Waals surface area contributed by atoms with Crippen LogP contribution in [0.1, 0.15) is 0 Å². The highest BCUT2D eigenvalue weighted by atomic mass is 32.1. The average molecular weight is 341 g/mol. The quantitative estimate of drug-likeness (QED) is 0.867. The summed E-state index contributed by atoms with van der Waals surface area (Å²) in [6.45, 7) is 1.42. The zero-order valence-electron chi connectivity index (χ0n) is 13.7. The van der Waals surface area contributed by atoms with E-state index < -0.39 is 0 Å². The fourth-order valence-corrected chi connectivity index (χ4v) is 3.40. The third kappa shape index (κ3) is 3.75. The molecule has 0 unspecified atom stereocenters. The molecule has 1 aromatic heterocycles. The lowest BCUT2D eigenvalue weighted by Gasteiger charge is -2.36. The van der Waals surface area contributed by atoms with Crippen LogP contribution in [0.15, 0.2) is 30.3 Å². The first-order chi connectivity index (χ1) is 11.5. The number of hydrogen-bond donors (Lipinski definition) is 1. The maximum absolute atomic E-state index is 12.3. The van der Waals surface area contributed by atoms with Crippen LogP contribution < -0.4 is 5.32 Å². The summed E-state index contributed by atoms with van der Waals surface area (Å²) in [6.07, 6.45) is 0. The molecule has 2 amide bonds. The summed E-state index contributed by atoms with van der Waals surface area (Å²) in [5.41, 5.74) is 0. The van der Waals surface area contributed by atoms with Gasteiger partial charge in [-0.1, -0.05) is 24.1 Å². The van der Waals surface area contributed by atoms with Crippen molar-refractivity contribution in [3.8, 4) is 11.8 Å². The summed E-state index contributed by atoms with van der Waals surface area (Å²) in [5.74, 6) is 5.03. The van der Waals surface area contributed by atoms with Crippen molar-refractivity contribution in [3.05, 3.63) is 30.3 Å². The number of rotatable bonds is 3. The molecule has 1 aromatic carbocycles. The number of carbonyl (C=O) groups excluding carboxylic acids is 2. The minimum atomic E-state index is -0.206. The van der Waals surface area contributed by atoms with Crippen molar-refractivity contribution in [2.24, 2.45) is 5.92 Å². The summed E-state index contributed by atoms with van der Waals surface area (Å²) in [6, 6.07) is 10.0. The Bertz CT molecular complexity index is 792. The first-order valence-corrected chi connectivity index (χ1v) is 8.56. The maximum Gasteiger partial charge on any atom is 0.298 e. The van der Waals surface area contributed by atoms with E-state index in [1.807, 2.05) is 49.3 Å². The molecule has 5 nitrogen and oxygen atoms in total. The number of thiophene rings is 1. The number of fused-ring (bicyclic) bond motifs is 1. The fraction of sp³-hybridized carbons (Fsp3) is 0.333. The third-order valence-electron chi connectivity index (χ3n) is 3.80. The Kier molecular flexibility index (Phi) is 4.84. The van der Waals surface area contributed by atoms with Crippen molar-refractivity contribution in [1.29, 1.82) is 0 Å². The van der Waals surface area contributed by atoms with Gasteiger partial charge in [-0.15, -0.1) is 11.3 Å². The second kappa shape index (κ2) is 7.04. The van der Waals surface area contributed by atoms with E-state index in [4.69, 9.17) is 0 Å². The number of amides is 2. The number of nitrogens with one attached hydrogen (secondary N) is 1. The van der Waals surface area contributed by atoms with E-state index >= 15 is 0 Å². The number of hydrogen-bond acceptors (Lipinski definition) is 4. The topological polar surface area (TPSA) is 52.7 Å². The standard InChI is InChI=1S/C18H19N3O2S/c1-20(2)9-5-8-17(22)21-11-14(12-21)18(23)19-16-10-13-6-3-4-7-15(13)24-16/h3-4,6-7,10,14H,9,11-12H2,1-2H3,(H,19,23). The lowest BCUT2D eigenvalue weighted by atomic mass is 9.99. The summed E-state index contributed by atoms with van der Waals surface area (Å²) >= 11 is 1.56. The molecule has 6 heteroatoms. The van der Waals surface area contributed by atoms with Crippen LogP contribution >= 0.6 is 11.3 Å². The van der Waals surface area contributed by atoms with Crippen LogP contribution in [0, 0.1) is 17.8 Å². The van der Waals surface area contributed by atoms with E-state index in [0.717, 1.165) is 15.1 Å². The van der Waals surface area contributed by atoms with Gasteiger partial charge in [0.25, 0.3) is 5.91 Å². The lowest BCUT2D eigenvalue weighted by molar-refractivity contribution is -0.136. The minimum Gasteiger partial charge on any atom is -0.330 e. The Hall–Kier alpha value is -2.36. The highest BCUT2D eigenvalue weighted by molar-refractivity contribution is 7.22. The molecule has 1 aliphatic heterocycles. The van der Waals surface area contributed by atoms with Gasteiger partial charge in [0.1, 0.15) is 0 Å². The van der Waals surface area contributed by atoms with Gasteiger partial charge < -0.3 is 10.2 Å². The molecule has 0 atom stereocenters. The van der Waals surface area contributed by atoms with Crippen molar-refractivity contribution in [1.82, 2.24) is 9.80 Å². The Morgan fingerprint density at radius 1 is 1.33 bits per heavy atom. The third-order valence-corrected chi connectivity index (χ3v) is 4.83. The molecule has 2 heterocycles. The van der Waals surface area contributed by atoms with E-state index in [-0.39, 0.29) is 17.7 Å². The smallest absolute Gasteiger partial charge is 0.298 e. The number of likely N-dealkylation sites (tertiary alicyclic amines) is 1. The van der Waals surface area contributed by atoms with E-state index in [2.05, 4.69) is 17.2 Å². The van der Waals surface area contributed by atoms with Gasteiger partial charge in [-0.25, -0.2) is 0 Å². The molecule has 0 aliphatic carbocycles. The Morgan fingerprint density at radius 2 is 2.08 bits per heavy atom. The first kappa shape index (κ1) is 16.5. The zero-order valence-corrected chi connectivity index (χ0v) is 14.5. The SMILES string of the molecule is CN(C)CC#CC(=O)N1CC(C(=O)Nc2cc3ccccc3s2)C1. The zero-order chi connectivity index (χ0) is 17.1. The van der Waals surface area contributed by atoms with Gasteiger partial charge in [0.05, 0.1) is 17.5 Å². The molecule has 24 heavy (non-hydrogen) atoms. The molecule has 124 valence electrons. The predicted octanol–water partition coefficient (Wildman–Crippen LogP) is 1.86. The van der Waals surface area contributed by atoms with Crippen molar-refractivity contribution in [3.63, 3.8) is 0 Å². The summed E-state index contributed by atoms with van der Waals surface area (Å²) < 4.78 is 1.15. The second-order valence-corrected chi connectivity index (χ2v) is 7.17. The largest absolute Gasteiger partial charge is 0.330 e. The normalized spacial score (nSPS) is 14.2. The van der Waals surface area contributed by atoms with Crippen LogP contribution in [0.2, 0.25) is 0 Å². The minimum absolute atomic E-state index is 0.0353. The maximum atomic E-state index is 12.3. The van der Waals surface area contributed by atoms with E-state index in [1.165, 1.54) is 0 Å². The van der Waals surface area contributed by atoms with Crippen LogP contribution in [-0.2, 0) is 9.59 Å². The van der Waals surface area contributed by atoms with Gasteiger partial charge >= 0.3 is 0 Å². The van der Waals surface area contributed by atoms with Gasteiger partial charge in [0.15, 0.2) is 0 Å². The monoisotopic (exact) mass is 341 g/mol. The lowest BCUT2D eigenvalue weighted by Crippen LogP contribution is -2.54. The molecule has 0 radical (unpaired) electrons. The Labute approximate surface area is 145 Å². The van der Waals surface area contributed by atoms with Crippen molar-refractivity contribution in [2.75, 3.05) is 39.0 Å². The summed E-state index contributed by atoms with van der Waals surface area (Å²) in [4.78, 5) is 27.6. The highest BCUT2D eigenvalue weighted by Crippen LogP contribution is 2.30. The molecular weight excluding hydrogens is 322 g/mol. The van der Waals surface area contributed by atoms with Crippen molar-refractivity contribution < 1.29 is 9.59 Å². The summed E-state index contributed by atoms with van der Waals surface area (Å²) in [7, 11) is 3.80. The van der Waals surface area contributed by atoms with Gasteiger partial charge in [0, 0.05) is 17.8 Å². The predicted molar refractivity (Wildman–Crippen MR) is 96.9 cm³/mol. The number of anilines is 1. The molecule has 1 fully saturated rings. The van der Waals surface area contributed by atoms with E-state index in [9.17, 15) is 9.59 Å². The molecular formula is C18H19N3O2S. The van der Waals surface area contributed by atoms with E-state index in [1.54, 1.807) is 16.2 Å². The number of benzene rings is 1. The van der Waals surface area contributed by atoms with Gasteiger partial charge in [-0.2, -0.15) is 0 Å². The molecule has 3 rings (SSSR count). The van der Waals surface area contributed by atoms with Crippen LogP contribution in [0.4, 0.5) is 5.00 Å². The summed E-state index contributed by atoms with van der Waals surface area (Å²) in [5, 5.41) is 4.92. The van der Waals surface area contributed by atoms with Crippen LogP contribution in [0.25, 0.3) is 10.1 Å². The molecule has 0 bridgehead atoms. The molecule has 1 saturated heterocycles. The molecule has 0 spiro atoms. The molecule has 1 aliphatic rings. The Morgan fingerprint density at radius 3 is 2.79 bits per heavy atom. The van der Waals surface area contributed by atoms with E-state index in [0.29, 0.717) is 19.6 Å². The van der Waals surface area contributed by atoms with Crippen LogP contribution in [-0.4, -0.2) is 55.3 Å². The van der Waals surface area contributed by atoms with Crippen LogP contribution in [0.3, 0.4) is 0 Å². The van der Waals surface area contributed by atoms with Gasteiger partial charge in [-0.05, 0) is 37.5 Å². The first-order valence-electron chi connectivity index (χ1n) is 7.75. The molecule has 2 aromatic rings. The van der Waals surface area contributed by atoms with Crippen molar-refractivity contribution in [2.45, 2.75) is 0 Å². The molecule has 1 N–H and O–H groups in total. The number of carbonyl (C=O) groups is 2. The van der Waals surface area contributed by atoms with Crippen LogP contribution in [0.5, 0.6) is 0 Å². The van der Waals surface area contributed by atoms with Crippen molar-refractivity contribution >= 4 is 38.2 Å². The average Bonchev–Trinajstić information content (AvgIpc) is 2.87. The Balaban J connectivity index is 1.51.